The Morgan fingerprint density at radius 3 is 2.77 bits per heavy atom. The maximum absolute atomic E-state index is 10.2. The molecule has 0 aliphatic rings. The maximum atomic E-state index is 10.2. The number of carbonyl (C=O) groups is 1. The van der Waals surface area contributed by atoms with Gasteiger partial charge in [-0.2, -0.15) is 0 Å². The first-order valence-corrected chi connectivity index (χ1v) is 3.87. The van der Waals surface area contributed by atoms with Gasteiger partial charge in [-0.1, -0.05) is 23.2 Å². The van der Waals surface area contributed by atoms with E-state index in [9.17, 15) is 4.79 Å². The fourth-order valence-electron chi connectivity index (χ4n) is 0.564. The molecule has 1 heterocycles. The van der Waals surface area contributed by atoms with Crippen molar-refractivity contribution in [1.29, 1.82) is 0 Å². The number of anilines is 1. The molecule has 8 heteroatoms. The summed E-state index contributed by atoms with van der Waals surface area (Å²) in [7, 11) is 0. The molecule has 13 heavy (non-hydrogen) atoms. The van der Waals surface area contributed by atoms with Gasteiger partial charge in [0.05, 0.1) is 0 Å². The van der Waals surface area contributed by atoms with Crippen molar-refractivity contribution in [2.45, 2.75) is 0 Å². The average molecular weight is 223 g/mol. The van der Waals surface area contributed by atoms with Gasteiger partial charge in [-0.25, -0.2) is 0 Å². The van der Waals surface area contributed by atoms with Gasteiger partial charge in [0.15, 0.2) is 11.0 Å². The summed E-state index contributed by atoms with van der Waals surface area (Å²) in [4.78, 5) is 10.2. The van der Waals surface area contributed by atoms with Crippen molar-refractivity contribution in [1.82, 2.24) is 15.4 Å². The number of hydrogen-bond donors (Lipinski definition) is 2. The molecule has 0 spiro atoms. The smallest absolute Gasteiger partial charge is 0.322 e. The van der Waals surface area contributed by atoms with Crippen LogP contribution in [0.1, 0.15) is 0 Å². The summed E-state index contributed by atoms with van der Waals surface area (Å²) in [6.07, 6.45) is 0. The Balaban J connectivity index is 2.77. The molecular weight excluding hydrogens is 219 g/mol. The quantitative estimate of drug-likeness (QED) is 0.782. The number of carboxylic acids is 1. The van der Waals surface area contributed by atoms with Crippen LogP contribution in [0.25, 0.3) is 0 Å². The fraction of sp³-hybridized carbons (Fsp3) is 0.200. The normalized spacial score (nSPS) is 9.69. The van der Waals surface area contributed by atoms with E-state index < -0.39 is 5.97 Å². The summed E-state index contributed by atoms with van der Waals surface area (Å²) in [5.41, 5.74) is 0. The van der Waals surface area contributed by atoms with E-state index in [0.717, 1.165) is 0 Å². The van der Waals surface area contributed by atoms with Crippen molar-refractivity contribution in [3.8, 4) is 0 Å². The lowest BCUT2D eigenvalue weighted by molar-refractivity contribution is -0.134. The zero-order valence-electron chi connectivity index (χ0n) is 6.16. The summed E-state index contributed by atoms with van der Waals surface area (Å²) >= 11 is 11.1. The number of carboxylic acid groups (broad SMARTS) is 1. The minimum Gasteiger partial charge on any atom is -0.480 e. The monoisotopic (exact) mass is 222 g/mol. The van der Waals surface area contributed by atoms with Gasteiger partial charge < -0.3 is 10.4 Å². The van der Waals surface area contributed by atoms with Crippen molar-refractivity contribution >= 4 is 35.0 Å². The van der Waals surface area contributed by atoms with E-state index in [1.54, 1.807) is 0 Å². The second kappa shape index (κ2) is 4.20. The van der Waals surface area contributed by atoms with E-state index >= 15 is 0 Å². The standard InChI is InChI=1S/C5H4Cl2N4O2/c6-3-4(7)9-11-10-5(3)8-1-2(12)13/h1H2,(H,12,13)(H,8,9,10). The van der Waals surface area contributed by atoms with Crippen LogP contribution in [0.15, 0.2) is 0 Å². The Labute approximate surface area is 82.9 Å². The van der Waals surface area contributed by atoms with Gasteiger partial charge in [0.2, 0.25) is 0 Å². The molecule has 0 unspecified atom stereocenters. The van der Waals surface area contributed by atoms with Crippen LogP contribution in [0.3, 0.4) is 0 Å². The van der Waals surface area contributed by atoms with E-state index in [4.69, 9.17) is 28.3 Å². The van der Waals surface area contributed by atoms with Crippen molar-refractivity contribution in [3.63, 3.8) is 0 Å². The van der Waals surface area contributed by atoms with E-state index in [1.165, 1.54) is 0 Å². The van der Waals surface area contributed by atoms with Gasteiger partial charge in [0.25, 0.3) is 0 Å². The molecule has 0 atom stereocenters. The Hall–Kier alpha value is -1.14. The lowest BCUT2D eigenvalue weighted by Gasteiger charge is -2.02. The topological polar surface area (TPSA) is 88.0 Å². The largest absolute Gasteiger partial charge is 0.480 e. The molecule has 2 N–H and O–H groups in total. The number of rotatable bonds is 3. The van der Waals surface area contributed by atoms with E-state index in [-0.39, 0.29) is 22.5 Å². The third-order valence-electron chi connectivity index (χ3n) is 1.07. The van der Waals surface area contributed by atoms with Crippen molar-refractivity contribution in [2.24, 2.45) is 0 Å². The first-order valence-electron chi connectivity index (χ1n) is 3.11. The first kappa shape index (κ1) is 9.94. The molecular formula is C5H4Cl2N4O2. The minimum absolute atomic E-state index is 0.0236. The van der Waals surface area contributed by atoms with Crippen molar-refractivity contribution < 1.29 is 9.90 Å². The SMILES string of the molecule is O=C(O)CNc1nnnc(Cl)c1Cl. The van der Waals surface area contributed by atoms with Gasteiger partial charge in [-0.3, -0.25) is 4.79 Å². The Morgan fingerprint density at radius 2 is 2.15 bits per heavy atom. The molecule has 6 nitrogen and oxygen atoms in total. The van der Waals surface area contributed by atoms with Crippen LogP contribution in [-0.4, -0.2) is 33.0 Å². The molecule has 0 aliphatic heterocycles. The Morgan fingerprint density at radius 1 is 1.46 bits per heavy atom. The molecule has 0 aromatic carbocycles. The van der Waals surface area contributed by atoms with Crippen LogP contribution in [0.4, 0.5) is 5.82 Å². The van der Waals surface area contributed by atoms with E-state index in [1.807, 2.05) is 0 Å². The second-order valence-electron chi connectivity index (χ2n) is 1.99. The molecule has 0 bridgehead atoms. The highest BCUT2D eigenvalue weighted by atomic mass is 35.5. The number of nitrogens with one attached hydrogen (secondary N) is 1. The first-order chi connectivity index (χ1) is 6.11. The maximum Gasteiger partial charge on any atom is 0.322 e. The average Bonchev–Trinajstić information content (AvgIpc) is 2.07. The molecule has 0 aliphatic carbocycles. The van der Waals surface area contributed by atoms with Crippen molar-refractivity contribution in [2.75, 3.05) is 11.9 Å². The van der Waals surface area contributed by atoms with Crippen LogP contribution < -0.4 is 5.32 Å². The summed E-state index contributed by atoms with van der Waals surface area (Å²) in [5, 5.41) is 20.8. The highest BCUT2D eigenvalue weighted by Gasteiger charge is 2.08. The summed E-state index contributed by atoms with van der Waals surface area (Å²) < 4.78 is 0. The molecule has 70 valence electrons. The zero-order valence-corrected chi connectivity index (χ0v) is 7.67. The number of hydrogen-bond acceptors (Lipinski definition) is 5. The minimum atomic E-state index is -1.04. The lowest BCUT2D eigenvalue weighted by atomic mass is 10.5. The van der Waals surface area contributed by atoms with Crippen LogP contribution in [0.5, 0.6) is 0 Å². The number of aliphatic carboxylic acids is 1. The molecule has 0 radical (unpaired) electrons. The van der Waals surface area contributed by atoms with Gasteiger partial charge in [0.1, 0.15) is 11.6 Å². The van der Waals surface area contributed by atoms with Gasteiger partial charge in [-0.15, -0.1) is 10.2 Å². The van der Waals surface area contributed by atoms with Crippen molar-refractivity contribution in [3.05, 3.63) is 10.2 Å². The fourth-order valence-corrected chi connectivity index (χ4v) is 0.830. The highest BCUT2D eigenvalue weighted by molar-refractivity contribution is 6.42. The molecule has 0 saturated carbocycles. The second-order valence-corrected chi connectivity index (χ2v) is 2.73. The number of nitrogens with zero attached hydrogens (tertiary/aromatic N) is 3. The third kappa shape index (κ3) is 2.67. The molecule has 0 fully saturated rings. The Kier molecular flexibility index (Phi) is 3.21. The molecule has 1 rings (SSSR count). The lowest BCUT2D eigenvalue weighted by Crippen LogP contribution is -2.14. The summed E-state index contributed by atoms with van der Waals surface area (Å²) in [6.45, 7) is -0.311. The van der Waals surface area contributed by atoms with Gasteiger partial charge >= 0.3 is 5.97 Å². The molecule has 0 saturated heterocycles. The van der Waals surface area contributed by atoms with Crippen LogP contribution in [-0.2, 0) is 4.79 Å². The number of aromatic nitrogens is 3. The van der Waals surface area contributed by atoms with Crippen LogP contribution >= 0.6 is 23.2 Å². The van der Waals surface area contributed by atoms with Gasteiger partial charge in [0, 0.05) is 0 Å². The van der Waals surface area contributed by atoms with Crippen LogP contribution in [0, 0.1) is 0 Å². The molecule has 1 aromatic rings. The zero-order chi connectivity index (χ0) is 9.84. The third-order valence-corrected chi connectivity index (χ3v) is 1.79. The van der Waals surface area contributed by atoms with Gasteiger partial charge in [-0.05, 0) is 5.21 Å². The number of halogens is 2. The summed E-state index contributed by atoms with van der Waals surface area (Å²) in [5.74, 6) is -0.935. The predicted molar refractivity (Wildman–Crippen MR) is 46.0 cm³/mol. The summed E-state index contributed by atoms with van der Waals surface area (Å²) in [6, 6.07) is 0. The van der Waals surface area contributed by atoms with Crippen LogP contribution in [0.2, 0.25) is 10.2 Å². The van der Waals surface area contributed by atoms with E-state index in [0.29, 0.717) is 0 Å². The molecule has 0 amide bonds. The highest BCUT2D eigenvalue weighted by Crippen LogP contribution is 2.23. The van der Waals surface area contributed by atoms with E-state index in [2.05, 4.69) is 20.7 Å². The Bertz CT molecular complexity index is 332. The predicted octanol–water partition coefficient (Wildman–Crippen LogP) is 0.675. The molecule has 1 aromatic heterocycles.